The largest absolute Gasteiger partial charge is 0.387 e. The van der Waals surface area contributed by atoms with Gasteiger partial charge in [-0.1, -0.05) is 5.21 Å². The third-order valence-electron chi connectivity index (χ3n) is 3.55. The standard InChI is InChI=1S/C13H18N6O2S/c1-8-12-13(17(3)15-8)22-5-4-19(12)11(21)7-18-6-10(9(2)20)14-16-18/h6,9,20H,4-5,7H2,1-3H3. The molecule has 0 radical (unpaired) electrons. The fourth-order valence-electron chi connectivity index (χ4n) is 2.50. The van der Waals surface area contributed by atoms with Gasteiger partial charge in [0.25, 0.3) is 0 Å². The molecule has 1 atom stereocenters. The Kier molecular flexibility index (Phi) is 3.92. The van der Waals surface area contributed by atoms with Crippen LogP contribution in [0.15, 0.2) is 11.2 Å². The lowest BCUT2D eigenvalue weighted by Crippen LogP contribution is -2.38. The number of carbonyl (C=O) groups excluding carboxylic acids is 1. The van der Waals surface area contributed by atoms with Crippen molar-refractivity contribution in [3.8, 4) is 0 Å². The van der Waals surface area contributed by atoms with Crippen LogP contribution < -0.4 is 4.90 Å². The molecule has 0 fully saturated rings. The smallest absolute Gasteiger partial charge is 0.248 e. The maximum absolute atomic E-state index is 12.6. The van der Waals surface area contributed by atoms with E-state index in [0.717, 1.165) is 22.2 Å². The molecule has 0 bridgehead atoms. The lowest BCUT2D eigenvalue weighted by atomic mass is 10.3. The van der Waals surface area contributed by atoms with Gasteiger partial charge in [0.1, 0.15) is 17.3 Å². The predicted octanol–water partition coefficient (Wildman–Crippen LogP) is 0.512. The van der Waals surface area contributed by atoms with Crippen LogP contribution >= 0.6 is 11.8 Å². The Hall–Kier alpha value is -1.87. The highest BCUT2D eigenvalue weighted by atomic mass is 32.2. The number of rotatable bonds is 3. The highest BCUT2D eigenvalue weighted by Crippen LogP contribution is 2.36. The zero-order chi connectivity index (χ0) is 15.9. The summed E-state index contributed by atoms with van der Waals surface area (Å²) in [5, 5.41) is 22.6. The molecule has 0 spiro atoms. The van der Waals surface area contributed by atoms with Gasteiger partial charge in [-0.25, -0.2) is 4.68 Å². The van der Waals surface area contributed by atoms with Crippen LogP contribution in [0.1, 0.15) is 24.4 Å². The number of fused-ring (bicyclic) bond motifs is 1. The number of carbonyl (C=O) groups is 1. The SMILES string of the molecule is Cc1nn(C)c2c1N(C(=O)Cn1cc(C(C)O)nn1)CCS2. The molecule has 118 valence electrons. The molecule has 2 aromatic heterocycles. The van der Waals surface area contributed by atoms with Gasteiger partial charge in [-0.3, -0.25) is 9.48 Å². The van der Waals surface area contributed by atoms with Crippen LogP contribution in [0.5, 0.6) is 0 Å². The Morgan fingerprint density at radius 1 is 1.55 bits per heavy atom. The number of aromatic nitrogens is 5. The molecule has 0 saturated carbocycles. The first-order valence-electron chi connectivity index (χ1n) is 7.02. The van der Waals surface area contributed by atoms with Gasteiger partial charge in [-0.05, 0) is 13.8 Å². The third-order valence-corrected chi connectivity index (χ3v) is 4.66. The van der Waals surface area contributed by atoms with Gasteiger partial charge in [0.15, 0.2) is 0 Å². The molecule has 1 aliphatic heterocycles. The summed E-state index contributed by atoms with van der Waals surface area (Å²) in [4.78, 5) is 14.4. The number of hydrogen-bond donors (Lipinski definition) is 1. The molecule has 8 nitrogen and oxygen atoms in total. The summed E-state index contributed by atoms with van der Waals surface area (Å²) in [5.74, 6) is 0.785. The summed E-state index contributed by atoms with van der Waals surface area (Å²) in [6.45, 7) is 4.27. The van der Waals surface area contributed by atoms with Crippen LogP contribution in [-0.2, 0) is 18.4 Å². The number of aryl methyl sites for hydroxylation is 2. The fraction of sp³-hybridized carbons (Fsp3) is 0.538. The molecule has 9 heteroatoms. The number of amides is 1. The van der Waals surface area contributed by atoms with Crippen LogP contribution in [0.2, 0.25) is 0 Å². The monoisotopic (exact) mass is 322 g/mol. The minimum Gasteiger partial charge on any atom is -0.387 e. The van der Waals surface area contributed by atoms with Crippen LogP contribution in [0.3, 0.4) is 0 Å². The van der Waals surface area contributed by atoms with E-state index in [9.17, 15) is 9.90 Å². The molecule has 2 aromatic rings. The Morgan fingerprint density at radius 2 is 2.32 bits per heavy atom. The summed E-state index contributed by atoms with van der Waals surface area (Å²) >= 11 is 1.71. The van der Waals surface area contributed by atoms with Crippen molar-refractivity contribution in [2.24, 2.45) is 7.05 Å². The van der Waals surface area contributed by atoms with Gasteiger partial charge in [0.05, 0.1) is 23.7 Å². The van der Waals surface area contributed by atoms with E-state index < -0.39 is 6.10 Å². The van der Waals surface area contributed by atoms with Crippen LogP contribution in [0.4, 0.5) is 5.69 Å². The van der Waals surface area contributed by atoms with Crippen molar-refractivity contribution >= 4 is 23.4 Å². The Bertz CT molecular complexity index is 707. The molecular weight excluding hydrogens is 304 g/mol. The van der Waals surface area contributed by atoms with Gasteiger partial charge in [0, 0.05) is 19.3 Å². The molecule has 3 rings (SSSR count). The molecule has 0 aliphatic carbocycles. The number of thioether (sulfide) groups is 1. The second-order valence-electron chi connectivity index (χ2n) is 5.27. The van der Waals surface area contributed by atoms with Crippen LogP contribution in [0.25, 0.3) is 0 Å². The van der Waals surface area contributed by atoms with Crippen molar-refractivity contribution in [1.82, 2.24) is 24.8 Å². The van der Waals surface area contributed by atoms with E-state index in [4.69, 9.17) is 0 Å². The van der Waals surface area contributed by atoms with Gasteiger partial charge in [-0.2, -0.15) is 5.10 Å². The summed E-state index contributed by atoms with van der Waals surface area (Å²) in [7, 11) is 1.89. The fourth-order valence-corrected chi connectivity index (χ4v) is 3.59. The van der Waals surface area contributed by atoms with Gasteiger partial charge in [0.2, 0.25) is 5.91 Å². The van der Waals surface area contributed by atoms with Crippen molar-refractivity contribution < 1.29 is 9.90 Å². The Morgan fingerprint density at radius 3 is 3.00 bits per heavy atom. The first kappa shape index (κ1) is 15.0. The molecule has 0 saturated heterocycles. The average molecular weight is 322 g/mol. The Balaban J connectivity index is 1.81. The van der Waals surface area contributed by atoms with Gasteiger partial charge < -0.3 is 10.0 Å². The molecule has 3 heterocycles. The zero-order valence-electron chi connectivity index (χ0n) is 12.7. The van der Waals surface area contributed by atoms with Crippen molar-refractivity contribution in [2.45, 2.75) is 31.5 Å². The molecular formula is C13H18N6O2S. The number of hydrogen-bond acceptors (Lipinski definition) is 6. The second kappa shape index (κ2) is 5.73. The summed E-state index contributed by atoms with van der Waals surface area (Å²) < 4.78 is 3.27. The van der Waals surface area contributed by atoms with E-state index in [1.54, 1.807) is 29.8 Å². The second-order valence-corrected chi connectivity index (χ2v) is 6.36. The van der Waals surface area contributed by atoms with Crippen molar-refractivity contribution in [1.29, 1.82) is 0 Å². The molecule has 1 aliphatic rings. The highest BCUT2D eigenvalue weighted by molar-refractivity contribution is 7.99. The maximum atomic E-state index is 12.6. The summed E-state index contributed by atoms with van der Waals surface area (Å²) in [6, 6.07) is 0. The summed E-state index contributed by atoms with van der Waals surface area (Å²) in [6.07, 6.45) is 0.903. The average Bonchev–Trinajstić information content (AvgIpc) is 3.05. The van der Waals surface area contributed by atoms with Crippen molar-refractivity contribution in [2.75, 3.05) is 17.2 Å². The van der Waals surface area contributed by atoms with E-state index in [-0.39, 0.29) is 12.5 Å². The topological polar surface area (TPSA) is 89.1 Å². The minimum atomic E-state index is -0.692. The normalized spacial score (nSPS) is 15.7. The summed E-state index contributed by atoms with van der Waals surface area (Å²) in [5.41, 5.74) is 2.20. The van der Waals surface area contributed by atoms with Gasteiger partial charge in [-0.15, -0.1) is 16.9 Å². The molecule has 1 unspecified atom stereocenters. The predicted molar refractivity (Wildman–Crippen MR) is 81.7 cm³/mol. The highest BCUT2D eigenvalue weighted by Gasteiger charge is 2.28. The minimum absolute atomic E-state index is 0.0558. The first-order valence-corrected chi connectivity index (χ1v) is 8.00. The number of aliphatic hydroxyl groups is 1. The number of nitrogens with zero attached hydrogens (tertiary/aromatic N) is 6. The van der Waals surface area contributed by atoms with Crippen LogP contribution in [0, 0.1) is 6.92 Å². The van der Waals surface area contributed by atoms with Crippen molar-refractivity contribution in [3.63, 3.8) is 0 Å². The zero-order valence-corrected chi connectivity index (χ0v) is 13.5. The third kappa shape index (κ3) is 2.61. The van der Waals surface area contributed by atoms with Crippen molar-refractivity contribution in [3.05, 3.63) is 17.6 Å². The molecule has 22 heavy (non-hydrogen) atoms. The lowest BCUT2D eigenvalue weighted by molar-refractivity contribution is -0.119. The van der Waals surface area contributed by atoms with E-state index in [1.165, 1.54) is 4.68 Å². The van der Waals surface area contributed by atoms with Gasteiger partial charge >= 0.3 is 0 Å². The number of aliphatic hydroxyl groups excluding tert-OH is 1. The first-order chi connectivity index (χ1) is 10.5. The van der Waals surface area contributed by atoms with E-state index in [0.29, 0.717) is 12.2 Å². The van der Waals surface area contributed by atoms with E-state index >= 15 is 0 Å². The Labute approximate surface area is 132 Å². The maximum Gasteiger partial charge on any atom is 0.248 e. The molecule has 0 aromatic carbocycles. The van der Waals surface area contributed by atoms with Crippen LogP contribution in [-0.4, -0.2) is 48.1 Å². The van der Waals surface area contributed by atoms with E-state index in [1.807, 2.05) is 18.7 Å². The quantitative estimate of drug-likeness (QED) is 0.886. The number of anilines is 1. The molecule has 1 N–H and O–H groups in total. The van der Waals surface area contributed by atoms with E-state index in [2.05, 4.69) is 15.4 Å². The lowest BCUT2D eigenvalue weighted by Gasteiger charge is -2.27. The molecule has 1 amide bonds.